The van der Waals surface area contributed by atoms with Gasteiger partial charge in [0.2, 0.25) is 0 Å². The molecule has 1 aromatic carbocycles. The predicted molar refractivity (Wildman–Crippen MR) is 73.5 cm³/mol. The first-order valence-corrected chi connectivity index (χ1v) is 6.61. The van der Waals surface area contributed by atoms with Gasteiger partial charge in [0.05, 0.1) is 12.3 Å². The largest absolute Gasteiger partial charge is 0.481 e. The smallest absolute Gasteiger partial charge is 0.311 e. The summed E-state index contributed by atoms with van der Waals surface area (Å²) in [6.45, 7) is 3.96. The second-order valence-electron chi connectivity index (χ2n) is 5.75. The lowest BCUT2D eigenvalue weighted by atomic mass is 9.86. The minimum Gasteiger partial charge on any atom is -0.481 e. The lowest BCUT2D eigenvalue weighted by Crippen LogP contribution is -2.36. The summed E-state index contributed by atoms with van der Waals surface area (Å²) >= 11 is 0. The molecule has 0 amide bonds. The number of nitrogens with two attached hydrogens (primary N) is 1. The van der Waals surface area contributed by atoms with Crippen LogP contribution in [0.4, 0.5) is 0 Å². The van der Waals surface area contributed by atoms with Crippen molar-refractivity contribution in [3.63, 3.8) is 0 Å². The molecule has 4 N–H and O–H groups in total. The number of rotatable bonds is 4. The van der Waals surface area contributed by atoms with E-state index in [1.54, 1.807) is 12.1 Å². The second kappa shape index (κ2) is 4.90. The van der Waals surface area contributed by atoms with Crippen molar-refractivity contribution in [1.82, 2.24) is 0 Å². The molecule has 20 heavy (non-hydrogen) atoms. The molecule has 1 aliphatic rings. The van der Waals surface area contributed by atoms with E-state index in [0.29, 0.717) is 12.0 Å². The van der Waals surface area contributed by atoms with Crippen molar-refractivity contribution in [3.05, 3.63) is 34.9 Å². The van der Waals surface area contributed by atoms with Crippen LogP contribution in [0.3, 0.4) is 0 Å². The van der Waals surface area contributed by atoms with Crippen LogP contribution in [-0.4, -0.2) is 22.2 Å². The van der Waals surface area contributed by atoms with E-state index in [1.807, 2.05) is 19.9 Å². The lowest BCUT2D eigenvalue weighted by Gasteiger charge is -2.25. The van der Waals surface area contributed by atoms with Crippen LogP contribution in [0.25, 0.3) is 0 Å². The summed E-state index contributed by atoms with van der Waals surface area (Å²) in [5.41, 5.74) is 8.23. The molecule has 0 aromatic heterocycles. The normalized spacial score (nSPS) is 26.1. The molecule has 108 valence electrons. The van der Waals surface area contributed by atoms with E-state index in [0.717, 1.165) is 11.1 Å². The van der Waals surface area contributed by atoms with Crippen molar-refractivity contribution in [3.8, 4) is 0 Å². The van der Waals surface area contributed by atoms with E-state index in [9.17, 15) is 14.7 Å². The highest BCUT2D eigenvalue weighted by Gasteiger charge is 2.40. The van der Waals surface area contributed by atoms with Gasteiger partial charge < -0.3 is 15.9 Å². The fraction of sp³-hybridized carbons (Fsp3) is 0.467. The summed E-state index contributed by atoms with van der Waals surface area (Å²) in [5.74, 6) is -3.06. The SMILES string of the molecule is CC1Cc2c(C(CC(=O)O)C(=O)O)cccc2C1(C)N. The van der Waals surface area contributed by atoms with Gasteiger partial charge in [0.1, 0.15) is 0 Å². The number of hydrogen-bond donors (Lipinski definition) is 3. The molecule has 5 nitrogen and oxygen atoms in total. The summed E-state index contributed by atoms with van der Waals surface area (Å²) < 4.78 is 0. The topological polar surface area (TPSA) is 101 Å². The molecule has 0 bridgehead atoms. The number of benzene rings is 1. The Balaban J connectivity index is 2.52. The Morgan fingerprint density at radius 3 is 2.65 bits per heavy atom. The van der Waals surface area contributed by atoms with Crippen LogP contribution in [0.2, 0.25) is 0 Å². The van der Waals surface area contributed by atoms with Gasteiger partial charge in [-0.2, -0.15) is 0 Å². The maximum atomic E-state index is 11.4. The number of carbonyl (C=O) groups is 2. The minimum absolute atomic E-state index is 0.193. The molecule has 0 saturated heterocycles. The van der Waals surface area contributed by atoms with Gasteiger partial charge in [-0.05, 0) is 36.0 Å². The molecule has 2 rings (SSSR count). The number of hydrogen-bond acceptors (Lipinski definition) is 3. The van der Waals surface area contributed by atoms with Crippen LogP contribution in [0.5, 0.6) is 0 Å². The van der Waals surface area contributed by atoms with Crippen LogP contribution in [-0.2, 0) is 21.5 Å². The highest BCUT2D eigenvalue weighted by Crippen LogP contribution is 2.42. The fourth-order valence-corrected chi connectivity index (χ4v) is 2.95. The molecule has 0 saturated carbocycles. The van der Waals surface area contributed by atoms with Gasteiger partial charge in [0.15, 0.2) is 0 Å². The average Bonchev–Trinajstić information content (AvgIpc) is 2.57. The van der Waals surface area contributed by atoms with Crippen molar-refractivity contribution in [2.45, 2.75) is 38.1 Å². The third-order valence-corrected chi connectivity index (χ3v) is 4.38. The van der Waals surface area contributed by atoms with Crippen molar-refractivity contribution in [2.24, 2.45) is 11.7 Å². The van der Waals surface area contributed by atoms with Gasteiger partial charge in [-0.1, -0.05) is 25.1 Å². The minimum atomic E-state index is -1.11. The molecule has 0 aliphatic heterocycles. The van der Waals surface area contributed by atoms with E-state index >= 15 is 0 Å². The zero-order valence-corrected chi connectivity index (χ0v) is 11.6. The Morgan fingerprint density at radius 2 is 2.10 bits per heavy atom. The Morgan fingerprint density at radius 1 is 1.45 bits per heavy atom. The second-order valence-corrected chi connectivity index (χ2v) is 5.75. The number of carboxylic acids is 2. The van der Waals surface area contributed by atoms with E-state index in [-0.39, 0.29) is 5.92 Å². The molecule has 0 heterocycles. The van der Waals surface area contributed by atoms with Gasteiger partial charge in [0, 0.05) is 5.54 Å². The van der Waals surface area contributed by atoms with Crippen molar-refractivity contribution >= 4 is 11.9 Å². The molecule has 5 heteroatoms. The monoisotopic (exact) mass is 277 g/mol. The summed E-state index contributed by atoms with van der Waals surface area (Å²) in [6, 6.07) is 5.37. The first-order valence-electron chi connectivity index (χ1n) is 6.61. The van der Waals surface area contributed by atoms with Crippen LogP contribution in [0.1, 0.15) is 42.9 Å². The van der Waals surface area contributed by atoms with Crippen LogP contribution < -0.4 is 5.73 Å². The Hall–Kier alpha value is -1.88. The standard InChI is InChI=1S/C15H19NO4/c1-8-6-10-9(11(14(19)20)7-13(17)18)4-3-5-12(10)15(8,2)16/h3-5,8,11H,6-7,16H2,1-2H3,(H,17,18)(H,19,20). The van der Waals surface area contributed by atoms with Gasteiger partial charge in [-0.25, -0.2) is 0 Å². The molecule has 3 unspecified atom stereocenters. The van der Waals surface area contributed by atoms with Gasteiger partial charge in [-0.15, -0.1) is 0 Å². The zero-order chi connectivity index (χ0) is 15.1. The van der Waals surface area contributed by atoms with E-state index in [2.05, 4.69) is 0 Å². The molecule has 0 radical (unpaired) electrons. The van der Waals surface area contributed by atoms with E-state index < -0.39 is 29.8 Å². The average molecular weight is 277 g/mol. The molecule has 0 spiro atoms. The molecule has 0 fully saturated rings. The quantitative estimate of drug-likeness (QED) is 0.777. The molecule has 1 aromatic rings. The first-order chi connectivity index (χ1) is 9.25. The maximum Gasteiger partial charge on any atom is 0.311 e. The molecule has 3 atom stereocenters. The van der Waals surface area contributed by atoms with Crippen molar-refractivity contribution in [2.75, 3.05) is 0 Å². The molecule has 1 aliphatic carbocycles. The van der Waals surface area contributed by atoms with Crippen LogP contribution in [0, 0.1) is 5.92 Å². The highest BCUT2D eigenvalue weighted by atomic mass is 16.4. The number of fused-ring (bicyclic) bond motifs is 1. The van der Waals surface area contributed by atoms with Crippen LogP contribution in [0.15, 0.2) is 18.2 Å². The highest BCUT2D eigenvalue weighted by molar-refractivity contribution is 5.83. The Labute approximate surface area is 117 Å². The summed E-state index contributed by atoms with van der Waals surface area (Å²) in [6.07, 6.45) is 0.267. The summed E-state index contributed by atoms with van der Waals surface area (Å²) in [7, 11) is 0. The summed E-state index contributed by atoms with van der Waals surface area (Å²) in [4.78, 5) is 22.3. The lowest BCUT2D eigenvalue weighted by molar-refractivity contribution is -0.145. The maximum absolute atomic E-state index is 11.4. The van der Waals surface area contributed by atoms with Crippen LogP contribution >= 0.6 is 0 Å². The van der Waals surface area contributed by atoms with Gasteiger partial charge >= 0.3 is 11.9 Å². The molecular weight excluding hydrogens is 258 g/mol. The third kappa shape index (κ3) is 2.29. The van der Waals surface area contributed by atoms with Gasteiger partial charge in [0.25, 0.3) is 0 Å². The Kier molecular flexibility index (Phi) is 3.56. The van der Waals surface area contributed by atoms with E-state index in [1.165, 1.54) is 0 Å². The third-order valence-electron chi connectivity index (χ3n) is 4.38. The van der Waals surface area contributed by atoms with Gasteiger partial charge in [-0.3, -0.25) is 9.59 Å². The fourth-order valence-electron chi connectivity index (χ4n) is 2.95. The summed E-state index contributed by atoms with van der Waals surface area (Å²) in [5, 5.41) is 18.2. The number of carboxylic acid groups (broad SMARTS) is 2. The van der Waals surface area contributed by atoms with Crippen molar-refractivity contribution < 1.29 is 19.8 Å². The van der Waals surface area contributed by atoms with Crippen molar-refractivity contribution in [1.29, 1.82) is 0 Å². The predicted octanol–water partition coefficient (Wildman–Crippen LogP) is 1.70. The van der Waals surface area contributed by atoms with E-state index in [4.69, 9.17) is 10.8 Å². The molecular formula is C15H19NO4. The first kappa shape index (κ1) is 14.5. The Bertz CT molecular complexity index is 565. The zero-order valence-electron chi connectivity index (χ0n) is 11.6. The number of aliphatic carboxylic acids is 2.